The number of halogens is 3. The van der Waals surface area contributed by atoms with Gasteiger partial charge in [0.2, 0.25) is 0 Å². The minimum atomic E-state index is 0.516. The van der Waals surface area contributed by atoms with Crippen LogP contribution in [-0.2, 0) is 0 Å². The van der Waals surface area contributed by atoms with Crippen LogP contribution >= 0.6 is 39.1 Å². The van der Waals surface area contributed by atoms with Gasteiger partial charge < -0.3 is 10.1 Å². The SMILES string of the molecule is CCCC(C)NCCOc1cc(Cl)c(Br)cc1Cl. The van der Waals surface area contributed by atoms with Gasteiger partial charge in [-0.2, -0.15) is 0 Å². The normalized spacial score (nSPS) is 12.5. The predicted molar refractivity (Wildman–Crippen MR) is 82.0 cm³/mol. The first-order valence-electron chi connectivity index (χ1n) is 6.05. The summed E-state index contributed by atoms with van der Waals surface area (Å²) < 4.78 is 6.38. The van der Waals surface area contributed by atoms with Crippen LogP contribution in [0.1, 0.15) is 26.7 Å². The second-order valence-corrected chi connectivity index (χ2v) is 5.86. The van der Waals surface area contributed by atoms with Crippen molar-refractivity contribution >= 4 is 39.1 Å². The zero-order chi connectivity index (χ0) is 13.5. The first kappa shape index (κ1) is 16.1. The van der Waals surface area contributed by atoms with Gasteiger partial charge in [-0.15, -0.1) is 0 Å². The molecule has 0 aliphatic heterocycles. The summed E-state index contributed by atoms with van der Waals surface area (Å²) in [5, 5.41) is 4.55. The first-order chi connectivity index (χ1) is 8.54. The van der Waals surface area contributed by atoms with Crippen molar-refractivity contribution in [1.29, 1.82) is 0 Å². The summed E-state index contributed by atoms with van der Waals surface area (Å²) >= 11 is 15.4. The standard InChI is InChI=1S/C13H18BrCl2NO/c1-3-4-9(2)17-5-6-18-13-8-11(15)10(14)7-12(13)16/h7-9,17H,3-6H2,1-2H3. The number of nitrogens with one attached hydrogen (secondary N) is 1. The van der Waals surface area contributed by atoms with Crippen LogP contribution in [0.4, 0.5) is 0 Å². The Morgan fingerprint density at radius 2 is 2.06 bits per heavy atom. The van der Waals surface area contributed by atoms with Crippen molar-refractivity contribution in [2.45, 2.75) is 32.7 Å². The summed E-state index contributed by atoms with van der Waals surface area (Å²) in [6.45, 7) is 5.72. The summed E-state index contributed by atoms with van der Waals surface area (Å²) in [6, 6.07) is 3.98. The van der Waals surface area contributed by atoms with E-state index in [2.05, 4.69) is 35.1 Å². The zero-order valence-electron chi connectivity index (χ0n) is 10.6. The molecule has 1 N–H and O–H groups in total. The molecule has 0 fully saturated rings. The van der Waals surface area contributed by atoms with Crippen molar-refractivity contribution in [2.24, 2.45) is 0 Å². The fraction of sp³-hybridized carbons (Fsp3) is 0.538. The van der Waals surface area contributed by atoms with E-state index in [1.54, 1.807) is 12.1 Å². The third kappa shape index (κ3) is 5.35. The fourth-order valence-corrected chi connectivity index (χ4v) is 2.46. The Balaban J connectivity index is 2.38. The van der Waals surface area contributed by atoms with Crippen molar-refractivity contribution < 1.29 is 4.74 Å². The minimum Gasteiger partial charge on any atom is -0.491 e. The molecule has 0 spiro atoms. The van der Waals surface area contributed by atoms with Crippen molar-refractivity contribution in [3.8, 4) is 5.75 Å². The number of rotatable bonds is 7. The lowest BCUT2D eigenvalue weighted by molar-refractivity contribution is 0.305. The molecule has 1 aromatic carbocycles. The van der Waals surface area contributed by atoms with Gasteiger partial charge in [0.1, 0.15) is 12.4 Å². The average Bonchev–Trinajstić information content (AvgIpc) is 2.31. The Morgan fingerprint density at radius 3 is 2.72 bits per heavy atom. The van der Waals surface area contributed by atoms with E-state index in [9.17, 15) is 0 Å². The Morgan fingerprint density at radius 1 is 1.33 bits per heavy atom. The van der Waals surface area contributed by atoms with Crippen LogP contribution in [0.3, 0.4) is 0 Å². The molecule has 0 amide bonds. The molecular weight excluding hydrogens is 337 g/mol. The molecule has 0 radical (unpaired) electrons. The molecular formula is C13H18BrCl2NO. The topological polar surface area (TPSA) is 21.3 Å². The third-order valence-corrected chi connectivity index (χ3v) is 4.04. The van der Waals surface area contributed by atoms with Crippen LogP contribution in [0.25, 0.3) is 0 Å². The van der Waals surface area contributed by atoms with Gasteiger partial charge in [-0.3, -0.25) is 0 Å². The molecule has 1 unspecified atom stereocenters. The van der Waals surface area contributed by atoms with Crippen molar-refractivity contribution in [3.63, 3.8) is 0 Å². The molecule has 18 heavy (non-hydrogen) atoms. The van der Waals surface area contributed by atoms with Crippen LogP contribution in [0.15, 0.2) is 16.6 Å². The largest absolute Gasteiger partial charge is 0.491 e. The number of hydrogen-bond donors (Lipinski definition) is 1. The van der Waals surface area contributed by atoms with E-state index >= 15 is 0 Å². The molecule has 0 heterocycles. The van der Waals surface area contributed by atoms with Crippen molar-refractivity contribution in [1.82, 2.24) is 5.32 Å². The maximum Gasteiger partial charge on any atom is 0.139 e. The highest BCUT2D eigenvalue weighted by molar-refractivity contribution is 9.10. The predicted octanol–water partition coefficient (Wildman–Crippen LogP) is 4.91. The molecule has 1 rings (SSSR count). The molecule has 0 aliphatic rings. The molecule has 2 nitrogen and oxygen atoms in total. The molecule has 5 heteroatoms. The van der Waals surface area contributed by atoms with Gasteiger partial charge in [0.25, 0.3) is 0 Å². The first-order valence-corrected chi connectivity index (χ1v) is 7.60. The van der Waals surface area contributed by atoms with Crippen molar-refractivity contribution in [3.05, 3.63) is 26.7 Å². The summed E-state index contributed by atoms with van der Waals surface area (Å²) in [7, 11) is 0. The minimum absolute atomic E-state index is 0.516. The molecule has 0 saturated carbocycles. The Labute approximate surface area is 127 Å². The molecule has 0 bridgehead atoms. The van der Waals surface area contributed by atoms with Gasteiger partial charge in [0.15, 0.2) is 0 Å². The summed E-state index contributed by atoms with van der Waals surface area (Å²) in [5.74, 6) is 0.620. The highest BCUT2D eigenvalue weighted by Gasteiger charge is 2.07. The van der Waals surface area contributed by atoms with E-state index in [0.29, 0.717) is 28.4 Å². The maximum absolute atomic E-state index is 6.06. The lowest BCUT2D eigenvalue weighted by Gasteiger charge is -2.14. The zero-order valence-corrected chi connectivity index (χ0v) is 13.7. The molecule has 1 aromatic rings. The van der Waals surface area contributed by atoms with E-state index < -0.39 is 0 Å². The van der Waals surface area contributed by atoms with Crippen LogP contribution in [0.2, 0.25) is 10.0 Å². The maximum atomic E-state index is 6.06. The van der Waals surface area contributed by atoms with E-state index in [4.69, 9.17) is 27.9 Å². The lowest BCUT2D eigenvalue weighted by atomic mass is 10.2. The van der Waals surface area contributed by atoms with Gasteiger partial charge in [-0.05, 0) is 35.3 Å². The highest BCUT2D eigenvalue weighted by atomic mass is 79.9. The van der Waals surface area contributed by atoms with Gasteiger partial charge in [0, 0.05) is 23.1 Å². The Bertz CT molecular complexity index is 387. The van der Waals surface area contributed by atoms with Gasteiger partial charge in [-0.1, -0.05) is 36.5 Å². The van der Waals surface area contributed by atoms with Gasteiger partial charge in [-0.25, -0.2) is 0 Å². The van der Waals surface area contributed by atoms with Crippen LogP contribution in [0.5, 0.6) is 5.75 Å². The molecule has 0 aromatic heterocycles. The second kappa shape index (κ2) is 8.26. The van der Waals surface area contributed by atoms with Crippen LogP contribution in [-0.4, -0.2) is 19.2 Å². The van der Waals surface area contributed by atoms with Crippen LogP contribution in [0, 0.1) is 0 Å². The van der Waals surface area contributed by atoms with E-state index in [0.717, 1.165) is 11.0 Å². The molecule has 0 aliphatic carbocycles. The third-order valence-electron chi connectivity index (χ3n) is 2.55. The summed E-state index contributed by atoms with van der Waals surface area (Å²) in [6.07, 6.45) is 2.36. The smallest absolute Gasteiger partial charge is 0.139 e. The van der Waals surface area contributed by atoms with E-state index in [-0.39, 0.29) is 0 Å². The lowest BCUT2D eigenvalue weighted by Crippen LogP contribution is -2.29. The monoisotopic (exact) mass is 353 g/mol. The summed E-state index contributed by atoms with van der Waals surface area (Å²) in [4.78, 5) is 0. The number of ether oxygens (including phenoxy) is 1. The average molecular weight is 355 g/mol. The van der Waals surface area contributed by atoms with Crippen LogP contribution < -0.4 is 10.1 Å². The van der Waals surface area contributed by atoms with Gasteiger partial charge in [0.05, 0.1) is 10.0 Å². The number of hydrogen-bond acceptors (Lipinski definition) is 2. The number of benzene rings is 1. The molecule has 102 valence electrons. The molecule has 1 atom stereocenters. The van der Waals surface area contributed by atoms with Gasteiger partial charge >= 0.3 is 0 Å². The highest BCUT2D eigenvalue weighted by Crippen LogP contribution is 2.33. The quantitative estimate of drug-likeness (QED) is 0.554. The Hall–Kier alpha value is 0.0400. The second-order valence-electron chi connectivity index (χ2n) is 4.19. The fourth-order valence-electron chi connectivity index (χ4n) is 1.62. The van der Waals surface area contributed by atoms with E-state index in [1.807, 2.05) is 0 Å². The Kier molecular flexibility index (Phi) is 7.38. The van der Waals surface area contributed by atoms with Crippen molar-refractivity contribution in [2.75, 3.05) is 13.2 Å². The molecule has 0 saturated heterocycles. The summed E-state index contributed by atoms with van der Waals surface area (Å²) in [5.41, 5.74) is 0. The van der Waals surface area contributed by atoms with E-state index in [1.165, 1.54) is 12.8 Å².